The Balaban J connectivity index is 0.000000191. The zero-order valence-corrected chi connectivity index (χ0v) is 59.0. The van der Waals surface area contributed by atoms with Crippen molar-refractivity contribution in [2.24, 2.45) is 0 Å². The molecule has 20 nitrogen and oxygen atoms in total. The summed E-state index contributed by atoms with van der Waals surface area (Å²) < 4.78 is 106. The fourth-order valence-corrected chi connectivity index (χ4v) is 13.5. The van der Waals surface area contributed by atoms with Crippen LogP contribution in [0, 0.1) is 48.8 Å². The van der Waals surface area contributed by atoms with Crippen molar-refractivity contribution in [2.45, 2.75) is 144 Å². The van der Waals surface area contributed by atoms with Crippen molar-refractivity contribution < 1.29 is 65.0 Å². The molecule has 8 heterocycles. The molecule has 0 aliphatic carbocycles. The zero-order valence-electron chi connectivity index (χ0n) is 58.2. The lowest BCUT2D eigenvalue weighted by atomic mass is 9.80. The minimum Gasteiger partial charge on any atom is -0.444 e. The third-order valence-corrected chi connectivity index (χ3v) is 18.3. The van der Waals surface area contributed by atoms with Crippen LogP contribution in [0.1, 0.15) is 117 Å². The maximum absolute atomic E-state index is 17.2. The lowest BCUT2D eigenvalue weighted by molar-refractivity contribution is -0.121. The first-order valence-corrected chi connectivity index (χ1v) is 32.9. The van der Waals surface area contributed by atoms with E-state index < -0.39 is 123 Å². The van der Waals surface area contributed by atoms with Crippen LogP contribution in [0.25, 0.3) is 44.3 Å². The van der Waals surface area contributed by atoms with E-state index in [2.05, 4.69) is 9.97 Å². The summed E-state index contributed by atoms with van der Waals surface area (Å²) in [7, 11) is 1.17. The molecule has 2 saturated heterocycles. The summed E-state index contributed by atoms with van der Waals surface area (Å²) in [6.07, 6.45) is 2.02. The number of hydrogen-bond donors (Lipinski definition) is 2. The van der Waals surface area contributed by atoms with Crippen LogP contribution in [0.4, 0.5) is 58.7 Å². The Morgan fingerprint density at radius 1 is 0.560 bits per heavy atom. The Labute approximate surface area is 579 Å². The van der Waals surface area contributed by atoms with Crippen LogP contribution in [0.15, 0.2) is 94.8 Å². The summed E-state index contributed by atoms with van der Waals surface area (Å²) >= 11 is 6.10. The number of likely N-dealkylation sites (N-methyl/N-ethyl adjacent to an activating group) is 2. The van der Waals surface area contributed by atoms with Crippen LogP contribution in [0.2, 0.25) is 5.02 Å². The Morgan fingerprint density at radius 2 is 0.960 bits per heavy atom. The molecule has 12 rings (SSSR count). The SMILES string of the molecule is Cc1ccnc(C(C)C)c1-n1c(=O)c2c(c3cc(F)c(-c4ccccc4F)c(F)c31)N1C[C@@H](C)N(C(=O)OC(C)(C)C)C[C@@H]1C(=O)N2C.Cc1ccnc(C(C)C)c1-n1c(=O)c2c(c3cc(F)c(Cl)c(F)c31)N1C[C@@H](C)N(C(=O)OC(C)(C)C)C[C@@H]1C(=O)N2C.OB(O)c1ccccc1F. The van der Waals surface area contributed by atoms with E-state index >= 15 is 22.0 Å². The van der Waals surface area contributed by atoms with Gasteiger partial charge in [-0.1, -0.05) is 75.7 Å². The summed E-state index contributed by atoms with van der Waals surface area (Å²) in [5, 5.41) is 16.4. The lowest BCUT2D eigenvalue weighted by Gasteiger charge is -2.50. The summed E-state index contributed by atoms with van der Waals surface area (Å²) in [6, 6.07) is 13.5. The number of rotatable bonds is 6. The number of halogens is 7. The highest BCUT2D eigenvalue weighted by Crippen LogP contribution is 2.48. The van der Waals surface area contributed by atoms with Crippen molar-refractivity contribution in [2.75, 3.05) is 59.9 Å². The molecule has 0 unspecified atom stereocenters. The Bertz CT molecular complexity index is 4770. The van der Waals surface area contributed by atoms with E-state index in [4.69, 9.17) is 31.1 Å². The molecule has 0 saturated carbocycles. The van der Waals surface area contributed by atoms with E-state index in [9.17, 15) is 33.2 Å². The molecular formula is C72H78BClF6N10O10. The topological polar surface area (TPSA) is 216 Å². The first-order valence-electron chi connectivity index (χ1n) is 32.5. The molecule has 4 aromatic heterocycles. The molecule has 0 radical (unpaired) electrons. The molecule has 528 valence electrons. The number of pyridine rings is 4. The number of hydrogen-bond acceptors (Lipinski definition) is 14. The number of carbonyl (C=O) groups excluding carboxylic acids is 4. The molecule has 4 aliphatic heterocycles. The van der Waals surface area contributed by atoms with Crippen molar-refractivity contribution in [3.63, 3.8) is 0 Å². The standard InChI is InChI=1S/C36H38F3N5O4.C30H34ClF2N5O4.C6H6BFO2/c1-18(2)28-29(19(3)13-14-40-28)44-30-22(15-24(38)26(27(30)39)21-11-9-10-12-23(21)37)31-32(34(44)46)41(8)33(45)25-17-42(20(4)16-43(25)31)35(47)48-36(5,6)7;1-14(2)22-23(15(3)9-10-34-22)38-24-17(11-18(32)20(31)21(24)33)25-26(28(38)40)35(8)27(39)19-13-36(16(4)12-37(19)25)29(41)42-30(5,6)7;8-6-4-2-1-3-5(6)7(9)10/h9-15,18,20,25H,16-17H2,1-8H3;9-11,14,16,19H,12-13H2,1-8H3;1-4,9-10H/t20-,25-;16-,19-;/m11./s1. The van der Waals surface area contributed by atoms with Crippen LogP contribution in [-0.4, -0.2) is 146 Å². The monoisotopic (exact) mass is 1400 g/mol. The van der Waals surface area contributed by atoms with Gasteiger partial charge in [0.25, 0.3) is 22.9 Å². The van der Waals surface area contributed by atoms with E-state index in [0.29, 0.717) is 33.9 Å². The van der Waals surface area contributed by atoms with E-state index in [-0.39, 0.29) is 93.6 Å². The van der Waals surface area contributed by atoms with Gasteiger partial charge in [-0.3, -0.25) is 38.3 Å². The van der Waals surface area contributed by atoms with Crippen molar-refractivity contribution in [3.05, 3.63) is 168 Å². The molecule has 2 fully saturated rings. The van der Waals surface area contributed by atoms with Gasteiger partial charge in [0.05, 0.1) is 63.8 Å². The second-order valence-electron chi connectivity index (χ2n) is 28.0. The summed E-state index contributed by atoms with van der Waals surface area (Å²) in [4.78, 5) is 101. The number of ether oxygens (including phenoxy) is 2. The Hall–Kier alpha value is -9.47. The van der Waals surface area contributed by atoms with E-state index in [1.165, 1.54) is 76.2 Å². The average Bonchev–Trinajstić information content (AvgIpc) is 0.707. The minimum atomic E-state index is -1.72. The molecule has 0 spiro atoms. The van der Waals surface area contributed by atoms with Gasteiger partial charge < -0.3 is 48.9 Å². The second kappa shape index (κ2) is 27.6. The van der Waals surface area contributed by atoms with E-state index in [1.54, 1.807) is 104 Å². The van der Waals surface area contributed by atoms with Gasteiger partial charge in [-0.05, 0) is 129 Å². The van der Waals surface area contributed by atoms with Gasteiger partial charge in [0.1, 0.15) is 63.0 Å². The van der Waals surface area contributed by atoms with Crippen molar-refractivity contribution >= 4 is 92.7 Å². The number of nitrogens with zero attached hydrogens (tertiary/aromatic N) is 10. The Morgan fingerprint density at radius 3 is 1.35 bits per heavy atom. The molecular weight excluding hydrogens is 1330 g/mol. The highest BCUT2D eigenvalue weighted by Gasteiger charge is 2.50. The van der Waals surface area contributed by atoms with Crippen molar-refractivity contribution in [1.29, 1.82) is 0 Å². The number of aromatic nitrogens is 4. The molecule has 0 bridgehead atoms. The fourth-order valence-electron chi connectivity index (χ4n) is 13.3. The number of carbonyl (C=O) groups is 4. The van der Waals surface area contributed by atoms with Crippen molar-refractivity contribution in [1.82, 2.24) is 28.9 Å². The maximum Gasteiger partial charge on any atom is 0.491 e. The quantitative estimate of drug-likeness (QED) is 0.0900. The van der Waals surface area contributed by atoms with E-state index in [1.807, 2.05) is 27.7 Å². The summed E-state index contributed by atoms with van der Waals surface area (Å²) in [6.45, 7) is 25.2. The zero-order chi connectivity index (χ0) is 73.5. The van der Waals surface area contributed by atoms with Gasteiger partial charge in [-0.25, -0.2) is 35.9 Å². The predicted molar refractivity (Wildman–Crippen MR) is 373 cm³/mol. The summed E-state index contributed by atoms with van der Waals surface area (Å²) in [5.41, 5.74) is -1.30. The van der Waals surface area contributed by atoms with Gasteiger partial charge in [0.2, 0.25) is 0 Å². The molecule has 4 atom stereocenters. The molecule has 8 aromatic rings. The smallest absolute Gasteiger partial charge is 0.444 e. The molecule has 28 heteroatoms. The van der Waals surface area contributed by atoms with Crippen LogP contribution in [-0.2, 0) is 19.1 Å². The number of benzene rings is 4. The largest absolute Gasteiger partial charge is 0.491 e. The first-order chi connectivity index (χ1) is 46.8. The lowest BCUT2D eigenvalue weighted by Crippen LogP contribution is -2.66. The van der Waals surface area contributed by atoms with Gasteiger partial charge in [0, 0.05) is 73.5 Å². The van der Waals surface area contributed by atoms with Crippen LogP contribution >= 0.6 is 11.6 Å². The number of amides is 4. The van der Waals surface area contributed by atoms with Crippen LogP contribution in [0.3, 0.4) is 0 Å². The highest BCUT2D eigenvalue weighted by molar-refractivity contribution is 6.58. The number of piperazine rings is 2. The minimum absolute atomic E-state index is 0.0138. The molecule has 2 N–H and O–H groups in total. The average molecular weight is 1400 g/mol. The molecule has 4 amide bonds. The number of anilines is 4. The van der Waals surface area contributed by atoms with Gasteiger partial charge >= 0.3 is 19.3 Å². The highest BCUT2D eigenvalue weighted by atomic mass is 35.5. The van der Waals surface area contributed by atoms with Gasteiger partial charge in [-0.2, -0.15) is 0 Å². The van der Waals surface area contributed by atoms with Crippen LogP contribution < -0.4 is 36.2 Å². The molecule has 4 aromatic carbocycles. The fraction of sp³-hybridized carbons (Fsp3) is 0.389. The first kappa shape index (κ1) is 73.3. The second-order valence-corrected chi connectivity index (χ2v) is 28.4. The normalized spacial score (nSPS) is 17.6. The van der Waals surface area contributed by atoms with Crippen LogP contribution in [0.5, 0.6) is 0 Å². The number of fused-ring (bicyclic) bond motifs is 10. The van der Waals surface area contributed by atoms with E-state index in [0.717, 1.165) is 27.3 Å². The summed E-state index contributed by atoms with van der Waals surface area (Å²) in [5.74, 6) is -6.98. The van der Waals surface area contributed by atoms with Gasteiger partial charge in [-0.15, -0.1) is 0 Å². The van der Waals surface area contributed by atoms with Gasteiger partial charge in [0.15, 0.2) is 11.6 Å². The molecule has 4 aliphatic rings. The van der Waals surface area contributed by atoms with Crippen molar-refractivity contribution in [3.8, 4) is 22.5 Å². The third-order valence-electron chi connectivity index (χ3n) is 17.9. The third kappa shape index (κ3) is 13.2. The Kier molecular flexibility index (Phi) is 20.2. The maximum atomic E-state index is 17.2. The number of aryl methyl sites for hydroxylation is 2. The molecule has 100 heavy (non-hydrogen) atoms. The predicted octanol–water partition coefficient (Wildman–Crippen LogP) is 11.7.